The second kappa shape index (κ2) is 10.4. The number of aromatic nitrogens is 1. The molecule has 0 radical (unpaired) electrons. The van der Waals surface area contributed by atoms with Crippen molar-refractivity contribution < 1.29 is 4.42 Å². The first-order valence-electron chi connectivity index (χ1n) is 17.1. The Morgan fingerprint density at radius 2 is 1.38 bits per heavy atom. The summed E-state index contributed by atoms with van der Waals surface area (Å²) in [7, 11) is 0. The van der Waals surface area contributed by atoms with Crippen LogP contribution in [0, 0.1) is 0 Å². The number of hydrogen-bond acceptors (Lipinski definition) is 2. The van der Waals surface area contributed by atoms with Crippen molar-refractivity contribution in [1.29, 1.82) is 0 Å². The number of thiophene rings is 1. The quantitative estimate of drug-likeness (QED) is 0.185. The Labute approximate surface area is 291 Å². The molecule has 0 aliphatic heterocycles. The van der Waals surface area contributed by atoms with Crippen LogP contribution in [0.15, 0.2) is 144 Å². The monoisotopic (exact) mass is 655 g/mol. The molecule has 0 spiro atoms. The number of nitrogens with zero attached hydrogens (tertiary/aromatic N) is 1. The third-order valence-corrected chi connectivity index (χ3v) is 11.7. The Morgan fingerprint density at radius 3 is 2.28 bits per heavy atom. The summed E-state index contributed by atoms with van der Waals surface area (Å²) in [5.41, 5.74) is 9.29. The molecule has 0 fully saturated rings. The summed E-state index contributed by atoms with van der Waals surface area (Å²) in [6.45, 7) is 2.05. The van der Waals surface area contributed by atoms with E-state index < -0.39 is 0 Å². The highest BCUT2D eigenvalue weighted by Gasteiger charge is 2.26. The van der Waals surface area contributed by atoms with Gasteiger partial charge in [-0.3, -0.25) is 0 Å². The zero-order valence-corrected chi connectivity index (χ0v) is 28.1. The second-order valence-electron chi connectivity index (χ2n) is 13.2. The standard InChI is InChI=1S/C47H29NOS/c1-2-41-34(46-35-17-8-12-30-13-9-18-36(44(30)35)47(46)49-41)16-7-10-28-20-23-39-38(26-28)45-32-14-4-3-11-29(32)21-24-40(45)48(39)31-22-25-43-37(27-31)33-15-5-6-19-42(33)50-43/h2-27H,1H3/b10-7+,34-16+,41-2+. The van der Waals surface area contributed by atoms with Crippen LogP contribution in [0.2, 0.25) is 0 Å². The molecular weight excluding hydrogens is 627 g/mol. The first kappa shape index (κ1) is 27.8. The number of rotatable bonds is 3. The van der Waals surface area contributed by atoms with E-state index in [4.69, 9.17) is 4.42 Å². The van der Waals surface area contributed by atoms with E-state index in [9.17, 15) is 0 Å². The minimum atomic E-state index is 0.909. The number of allylic oxidation sites excluding steroid dienone is 1. The number of hydrogen-bond donors (Lipinski definition) is 0. The van der Waals surface area contributed by atoms with Crippen LogP contribution in [0.5, 0.6) is 0 Å². The van der Waals surface area contributed by atoms with E-state index in [1.54, 1.807) is 0 Å². The summed E-state index contributed by atoms with van der Waals surface area (Å²) < 4.78 is 11.6. The Balaban J connectivity index is 1.10. The number of benzene rings is 7. The van der Waals surface area contributed by atoms with Crippen LogP contribution in [0.3, 0.4) is 0 Å². The van der Waals surface area contributed by atoms with Crippen LogP contribution in [0.1, 0.15) is 12.5 Å². The minimum Gasteiger partial charge on any atom is -0.456 e. The van der Waals surface area contributed by atoms with Gasteiger partial charge in [0.1, 0.15) is 11.2 Å². The van der Waals surface area contributed by atoms with Gasteiger partial charge in [0.25, 0.3) is 0 Å². The molecule has 50 heavy (non-hydrogen) atoms. The molecule has 10 aromatic rings. The smallest absolute Gasteiger partial charge is 0.143 e. The van der Waals surface area contributed by atoms with Crippen LogP contribution >= 0.6 is 11.3 Å². The van der Waals surface area contributed by atoms with Gasteiger partial charge in [0.05, 0.1) is 11.0 Å². The van der Waals surface area contributed by atoms with Gasteiger partial charge in [-0.1, -0.05) is 109 Å². The van der Waals surface area contributed by atoms with Gasteiger partial charge >= 0.3 is 0 Å². The topological polar surface area (TPSA) is 18.1 Å². The molecule has 11 rings (SSSR count). The van der Waals surface area contributed by atoms with Gasteiger partial charge in [-0.15, -0.1) is 11.3 Å². The van der Waals surface area contributed by atoms with Crippen LogP contribution < -0.4 is 10.6 Å². The van der Waals surface area contributed by atoms with E-state index in [1.807, 2.05) is 18.3 Å². The zero-order chi connectivity index (χ0) is 32.9. The molecule has 0 saturated carbocycles. The van der Waals surface area contributed by atoms with Gasteiger partial charge in [0.2, 0.25) is 0 Å². The lowest BCUT2D eigenvalue weighted by molar-refractivity contribution is 0.546. The first-order valence-corrected chi connectivity index (χ1v) is 17.9. The molecule has 2 nitrogen and oxygen atoms in total. The predicted molar refractivity (Wildman–Crippen MR) is 215 cm³/mol. The summed E-state index contributed by atoms with van der Waals surface area (Å²) in [4.78, 5) is 0. The Bertz CT molecular complexity index is 3220. The van der Waals surface area contributed by atoms with Crippen molar-refractivity contribution in [2.24, 2.45) is 0 Å². The molecule has 234 valence electrons. The summed E-state index contributed by atoms with van der Waals surface area (Å²) >= 11 is 1.86. The van der Waals surface area contributed by atoms with Crippen molar-refractivity contribution >= 4 is 93.1 Å². The molecule has 0 saturated heterocycles. The lowest BCUT2D eigenvalue weighted by atomic mass is 10.0. The normalized spacial score (nSPS) is 13.5. The lowest BCUT2D eigenvalue weighted by Crippen LogP contribution is -2.20. The third kappa shape index (κ3) is 3.84. The number of fused-ring (bicyclic) bond motifs is 11. The summed E-state index contributed by atoms with van der Waals surface area (Å²) in [6.07, 6.45) is 8.68. The van der Waals surface area contributed by atoms with Gasteiger partial charge in [-0.25, -0.2) is 0 Å². The summed E-state index contributed by atoms with van der Waals surface area (Å²) in [5.74, 6) is 0.972. The maximum atomic E-state index is 6.50. The fraction of sp³-hybridized carbons (Fsp3) is 0.0213. The fourth-order valence-electron chi connectivity index (χ4n) is 8.34. The molecule has 0 N–H and O–H groups in total. The summed E-state index contributed by atoms with van der Waals surface area (Å²) in [5, 5.41) is 11.3. The van der Waals surface area contributed by atoms with Gasteiger partial charge in [0, 0.05) is 58.4 Å². The third-order valence-electron chi connectivity index (χ3n) is 10.5. The highest BCUT2D eigenvalue weighted by Crippen LogP contribution is 2.45. The van der Waals surface area contributed by atoms with Crippen molar-refractivity contribution in [3.05, 3.63) is 156 Å². The zero-order valence-electron chi connectivity index (χ0n) is 27.3. The number of furan rings is 1. The van der Waals surface area contributed by atoms with Crippen LogP contribution in [-0.2, 0) is 0 Å². The molecule has 3 heterocycles. The van der Waals surface area contributed by atoms with Gasteiger partial charge in [-0.2, -0.15) is 0 Å². The maximum absolute atomic E-state index is 6.50. The molecular formula is C47H29NOS. The molecule has 0 amide bonds. The van der Waals surface area contributed by atoms with E-state index in [2.05, 4.69) is 162 Å². The fourth-order valence-corrected chi connectivity index (χ4v) is 9.42. The minimum absolute atomic E-state index is 0.909. The van der Waals surface area contributed by atoms with E-state index >= 15 is 0 Å². The van der Waals surface area contributed by atoms with Crippen LogP contribution in [0.4, 0.5) is 0 Å². The molecule has 7 aromatic carbocycles. The van der Waals surface area contributed by atoms with Crippen molar-refractivity contribution in [2.75, 3.05) is 0 Å². The SMILES string of the molecule is C/C=c1/oc2c(/c1=C/C=C/c1ccc3c(c1)c1c4ccccc4ccc1n3-c1ccc3sc4ccccc4c3c1)-c1cccc3cccc-2c13. The van der Waals surface area contributed by atoms with Gasteiger partial charge in [-0.05, 0) is 82.7 Å². The second-order valence-corrected chi connectivity index (χ2v) is 14.3. The Morgan fingerprint density at radius 1 is 0.600 bits per heavy atom. The molecule has 3 heteroatoms. The molecule has 1 aliphatic rings. The van der Waals surface area contributed by atoms with E-state index in [-0.39, 0.29) is 0 Å². The van der Waals surface area contributed by atoms with Gasteiger partial charge in [0.15, 0.2) is 0 Å². The summed E-state index contributed by atoms with van der Waals surface area (Å²) in [6, 6.07) is 48.9. The molecule has 0 atom stereocenters. The highest BCUT2D eigenvalue weighted by atomic mass is 32.1. The Kier molecular flexibility index (Phi) is 5.78. The van der Waals surface area contributed by atoms with E-state index in [0.717, 1.165) is 22.0 Å². The van der Waals surface area contributed by atoms with Crippen molar-refractivity contribution in [1.82, 2.24) is 4.57 Å². The molecule has 3 aromatic heterocycles. The highest BCUT2D eigenvalue weighted by molar-refractivity contribution is 7.25. The molecule has 1 aliphatic carbocycles. The van der Waals surface area contributed by atoms with E-state index in [1.165, 1.54) is 85.9 Å². The molecule has 0 bridgehead atoms. The largest absolute Gasteiger partial charge is 0.456 e. The van der Waals surface area contributed by atoms with Gasteiger partial charge < -0.3 is 8.98 Å². The average Bonchev–Trinajstić information content (AvgIpc) is 3.90. The first-order chi connectivity index (χ1) is 24.7. The predicted octanol–water partition coefficient (Wildman–Crippen LogP) is 12.0. The van der Waals surface area contributed by atoms with Crippen molar-refractivity contribution in [3.63, 3.8) is 0 Å². The van der Waals surface area contributed by atoms with Crippen molar-refractivity contribution in [3.8, 4) is 28.1 Å². The molecule has 0 unspecified atom stereocenters. The average molecular weight is 656 g/mol. The van der Waals surface area contributed by atoms with Crippen molar-refractivity contribution in [2.45, 2.75) is 6.92 Å². The van der Waals surface area contributed by atoms with E-state index in [0.29, 0.717) is 0 Å². The Hall–Kier alpha value is -6.16. The maximum Gasteiger partial charge on any atom is 0.143 e. The van der Waals surface area contributed by atoms with Crippen LogP contribution in [0.25, 0.3) is 110 Å². The van der Waals surface area contributed by atoms with Crippen LogP contribution in [-0.4, -0.2) is 4.57 Å². The lowest BCUT2D eigenvalue weighted by Gasteiger charge is -2.09.